The van der Waals surface area contributed by atoms with Crippen LogP contribution in [0.1, 0.15) is 19.3 Å². The van der Waals surface area contributed by atoms with E-state index in [2.05, 4.69) is 0 Å². The van der Waals surface area contributed by atoms with Gasteiger partial charge in [-0.2, -0.15) is 13.2 Å². The van der Waals surface area contributed by atoms with Crippen molar-refractivity contribution >= 4 is 0 Å². The van der Waals surface area contributed by atoms with Crippen molar-refractivity contribution in [3.05, 3.63) is 66.7 Å². The van der Waals surface area contributed by atoms with Crippen molar-refractivity contribution in [3.8, 4) is 16.9 Å². The van der Waals surface area contributed by atoms with Crippen LogP contribution in [0, 0.1) is 0 Å². The Kier molecular flexibility index (Phi) is 7.07. The predicted molar refractivity (Wildman–Crippen MR) is 92.4 cm³/mol. The van der Waals surface area contributed by atoms with E-state index in [1.54, 1.807) is 0 Å². The van der Waals surface area contributed by atoms with E-state index in [9.17, 15) is 13.2 Å². The van der Waals surface area contributed by atoms with E-state index < -0.39 is 12.3 Å². The van der Waals surface area contributed by atoms with Crippen LogP contribution in [0.4, 0.5) is 13.2 Å². The highest BCUT2D eigenvalue weighted by Crippen LogP contribution is 2.22. The molecule has 2 aromatic rings. The molecule has 0 aromatic heterocycles. The van der Waals surface area contributed by atoms with E-state index in [0.29, 0.717) is 19.4 Å². The first-order chi connectivity index (χ1) is 12.0. The summed E-state index contributed by atoms with van der Waals surface area (Å²) >= 11 is 0. The van der Waals surface area contributed by atoms with Gasteiger partial charge in [-0.1, -0.05) is 54.6 Å². The molecule has 134 valence electrons. The molecule has 1 unspecified atom stereocenters. The molecular formula is C20H21F3O2. The molecule has 0 saturated heterocycles. The molecule has 0 spiro atoms. The minimum atomic E-state index is -4.59. The highest BCUT2D eigenvalue weighted by molar-refractivity contribution is 5.63. The third-order valence-electron chi connectivity index (χ3n) is 3.65. The zero-order valence-corrected chi connectivity index (χ0v) is 13.7. The van der Waals surface area contributed by atoms with E-state index in [1.165, 1.54) is 6.08 Å². The Bertz CT molecular complexity index is 649. The lowest BCUT2D eigenvalue weighted by Crippen LogP contribution is -2.25. The minimum absolute atomic E-state index is 0.476. The van der Waals surface area contributed by atoms with Crippen molar-refractivity contribution in [2.24, 2.45) is 0 Å². The summed E-state index contributed by atoms with van der Waals surface area (Å²) in [7, 11) is 0. The largest absolute Gasteiger partial charge is 0.494 e. The van der Waals surface area contributed by atoms with Gasteiger partial charge >= 0.3 is 6.18 Å². The van der Waals surface area contributed by atoms with Crippen LogP contribution in [-0.2, 0) is 0 Å². The van der Waals surface area contributed by atoms with Gasteiger partial charge in [0.25, 0.3) is 0 Å². The van der Waals surface area contributed by atoms with Crippen LogP contribution in [0.15, 0.2) is 66.7 Å². The maximum Gasteiger partial charge on any atom is 0.417 e. The zero-order valence-electron chi connectivity index (χ0n) is 13.7. The number of benzene rings is 2. The van der Waals surface area contributed by atoms with Crippen molar-refractivity contribution < 1.29 is 23.0 Å². The average molecular weight is 350 g/mol. The summed E-state index contributed by atoms with van der Waals surface area (Å²) in [5.74, 6) is 0.766. The molecule has 2 nitrogen and oxygen atoms in total. The van der Waals surface area contributed by atoms with E-state index in [4.69, 9.17) is 9.84 Å². The molecule has 2 rings (SSSR count). The molecule has 0 bridgehead atoms. The zero-order chi connectivity index (χ0) is 18.1. The monoisotopic (exact) mass is 350 g/mol. The van der Waals surface area contributed by atoms with Crippen LogP contribution in [0.2, 0.25) is 0 Å². The molecule has 0 fully saturated rings. The smallest absolute Gasteiger partial charge is 0.417 e. The molecule has 1 atom stereocenters. The normalized spacial score (nSPS) is 13.1. The predicted octanol–water partition coefficient (Wildman–Crippen LogP) is 5.38. The van der Waals surface area contributed by atoms with Crippen LogP contribution < -0.4 is 4.74 Å². The van der Waals surface area contributed by atoms with E-state index >= 15 is 0 Å². The topological polar surface area (TPSA) is 29.5 Å². The van der Waals surface area contributed by atoms with Crippen LogP contribution >= 0.6 is 0 Å². The average Bonchev–Trinajstić information content (AvgIpc) is 2.61. The first-order valence-corrected chi connectivity index (χ1v) is 8.16. The van der Waals surface area contributed by atoms with Crippen molar-refractivity contribution in [2.45, 2.75) is 31.5 Å². The molecular weight excluding hydrogens is 329 g/mol. The first-order valence-electron chi connectivity index (χ1n) is 8.16. The molecule has 0 saturated carbocycles. The molecule has 0 amide bonds. The van der Waals surface area contributed by atoms with Gasteiger partial charge in [-0.3, -0.25) is 0 Å². The molecule has 5 heteroatoms. The van der Waals surface area contributed by atoms with Gasteiger partial charge in [0.1, 0.15) is 5.75 Å². The number of allylic oxidation sites excluding steroid dienone is 1. The maximum atomic E-state index is 12.1. The van der Waals surface area contributed by atoms with E-state index in [0.717, 1.165) is 29.4 Å². The van der Waals surface area contributed by atoms with Crippen molar-refractivity contribution in [2.75, 3.05) is 6.61 Å². The molecule has 0 aliphatic carbocycles. The third kappa shape index (κ3) is 6.63. The lowest BCUT2D eigenvalue weighted by molar-refractivity contribution is -0.187. The fourth-order valence-electron chi connectivity index (χ4n) is 2.26. The molecule has 2 aromatic carbocycles. The highest BCUT2D eigenvalue weighted by atomic mass is 19.4. The summed E-state index contributed by atoms with van der Waals surface area (Å²) in [6, 6.07) is 17.8. The highest BCUT2D eigenvalue weighted by Gasteiger charge is 2.35. The summed E-state index contributed by atoms with van der Waals surface area (Å²) in [6.45, 7) is 0.500. The Morgan fingerprint density at radius 2 is 1.56 bits per heavy atom. The number of ether oxygens (including phenoxy) is 1. The van der Waals surface area contributed by atoms with Crippen molar-refractivity contribution in [3.63, 3.8) is 0 Å². The summed E-state index contributed by atoms with van der Waals surface area (Å²) in [5, 5.41) is 8.81. The van der Waals surface area contributed by atoms with Crippen molar-refractivity contribution in [1.29, 1.82) is 0 Å². The molecule has 0 radical (unpaired) electrons. The fourth-order valence-corrected chi connectivity index (χ4v) is 2.26. The first kappa shape index (κ1) is 19.1. The number of unbranched alkanes of at least 4 members (excludes halogenated alkanes) is 2. The van der Waals surface area contributed by atoms with Crippen LogP contribution in [0.3, 0.4) is 0 Å². The SMILES string of the molecule is OC(C=CCCCCOc1ccc(-c2ccccc2)cc1)C(F)(F)F. The van der Waals surface area contributed by atoms with E-state index in [-0.39, 0.29) is 0 Å². The third-order valence-corrected chi connectivity index (χ3v) is 3.65. The van der Waals surface area contributed by atoms with Crippen LogP contribution in [0.25, 0.3) is 11.1 Å². The van der Waals surface area contributed by atoms with Crippen LogP contribution in [0.5, 0.6) is 5.75 Å². The summed E-state index contributed by atoms with van der Waals surface area (Å²) in [6.07, 6.45) is -2.94. The molecule has 0 aliphatic heterocycles. The molecule has 0 aliphatic rings. The van der Waals surface area contributed by atoms with Gasteiger partial charge in [-0.15, -0.1) is 0 Å². The van der Waals surface area contributed by atoms with Gasteiger partial charge in [0, 0.05) is 0 Å². The fraction of sp³-hybridized carbons (Fsp3) is 0.300. The molecule has 25 heavy (non-hydrogen) atoms. The quantitative estimate of drug-likeness (QED) is 0.511. The van der Waals surface area contributed by atoms with Gasteiger partial charge < -0.3 is 9.84 Å². The van der Waals surface area contributed by atoms with Gasteiger partial charge in [0.05, 0.1) is 6.61 Å². The summed E-state index contributed by atoms with van der Waals surface area (Å²) < 4.78 is 41.9. The Morgan fingerprint density at radius 1 is 0.920 bits per heavy atom. The van der Waals surface area contributed by atoms with Crippen LogP contribution in [-0.4, -0.2) is 24.0 Å². The Labute approximate surface area is 145 Å². The minimum Gasteiger partial charge on any atom is -0.494 e. The lowest BCUT2D eigenvalue weighted by atomic mass is 10.1. The molecule has 0 heterocycles. The van der Waals surface area contributed by atoms with Gasteiger partial charge in [-0.25, -0.2) is 0 Å². The lowest BCUT2D eigenvalue weighted by Gasteiger charge is -2.09. The Morgan fingerprint density at radius 3 is 2.20 bits per heavy atom. The maximum absolute atomic E-state index is 12.1. The number of rotatable bonds is 8. The van der Waals surface area contributed by atoms with Gasteiger partial charge in [0.2, 0.25) is 0 Å². The Hall–Kier alpha value is -2.27. The molecule has 1 N–H and O–H groups in total. The Balaban J connectivity index is 1.66. The second-order valence-electron chi connectivity index (χ2n) is 5.65. The number of alkyl halides is 3. The number of halogens is 3. The number of hydrogen-bond acceptors (Lipinski definition) is 2. The van der Waals surface area contributed by atoms with Crippen molar-refractivity contribution in [1.82, 2.24) is 0 Å². The van der Waals surface area contributed by atoms with Gasteiger partial charge in [0.15, 0.2) is 6.10 Å². The van der Waals surface area contributed by atoms with E-state index in [1.807, 2.05) is 54.6 Å². The second kappa shape index (κ2) is 9.28. The summed E-state index contributed by atoms with van der Waals surface area (Å²) in [5.41, 5.74) is 2.25. The van der Waals surface area contributed by atoms with Gasteiger partial charge in [-0.05, 0) is 42.5 Å². The second-order valence-corrected chi connectivity index (χ2v) is 5.65. The number of hydrogen-bond donors (Lipinski definition) is 1. The number of aliphatic hydroxyl groups is 1. The summed E-state index contributed by atoms with van der Waals surface area (Å²) in [4.78, 5) is 0. The number of aliphatic hydroxyl groups excluding tert-OH is 1. The standard InChI is InChI=1S/C20H21F3O2/c21-20(22,23)19(24)10-6-1-2-7-15-25-18-13-11-17(12-14-18)16-8-4-3-5-9-16/h3-6,8-14,19,24H,1-2,7,15H2.